The van der Waals surface area contributed by atoms with Crippen molar-refractivity contribution >= 4 is 11.8 Å². The Kier molecular flexibility index (Phi) is 6.19. The van der Waals surface area contributed by atoms with Crippen LogP contribution in [-0.2, 0) is 4.79 Å². The van der Waals surface area contributed by atoms with Crippen LogP contribution < -0.4 is 5.32 Å². The SMILES string of the molecule is N#Cc1nccnc1NCCCCCCC(=O)O. The molecule has 96 valence electrons. The van der Waals surface area contributed by atoms with Gasteiger partial charge in [-0.2, -0.15) is 5.26 Å². The number of aliphatic carboxylic acids is 1. The maximum atomic E-state index is 10.3. The summed E-state index contributed by atoms with van der Waals surface area (Å²) in [4.78, 5) is 18.2. The highest BCUT2D eigenvalue weighted by atomic mass is 16.4. The normalized spacial score (nSPS) is 9.72. The van der Waals surface area contributed by atoms with Gasteiger partial charge in [0, 0.05) is 25.4 Å². The Bertz CT molecular complexity index is 428. The van der Waals surface area contributed by atoms with E-state index in [0.717, 1.165) is 19.3 Å². The summed E-state index contributed by atoms with van der Waals surface area (Å²) in [5.41, 5.74) is 0.295. The lowest BCUT2D eigenvalue weighted by atomic mass is 10.1. The Morgan fingerprint density at radius 2 is 2.00 bits per heavy atom. The van der Waals surface area contributed by atoms with E-state index in [1.807, 2.05) is 6.07 Å². The summed E-state index contributed by atoms with van der Waals surface area (Å²) in [6, 6.07) is 1.97. The first-order valence-corrected chi connectivity index (χ1v) is 5.91. The van der Waals surface area contributed by atoms with Crippen LogP contribution in [0.1, 0.15) is 37.8 Å². The van der Waals surface area contributed by atoms with Gasteiger partial charge in [0.1, 0.15) is 6.07 Å². The minimum atomic E-state index is -0.744. The number of unbranched alkanes of at least 4 members (excludes halogenated alkanes) is 3. The summed E-state index contributed by atoms with van der Waals surface area (Å²) in [6.45, 7) is 0.709. The fraction of sp³-hybridized carbons (Fsp3) is 0.500. The molecule has 6 nitrogen and oxygen atoms in total. The highest BCUT2D eigenvalue weighted by molar-refractivity contribution is 5.66. The summed E-state index contributed by atoms with van der Waals surface area (Å²) < 4.78 is 0. The van der Waals surface area contributed by atoms with Crippen LogP contribution in [0.5, 0.6) is 0 Å². The zero-order valence-electron chi connectivity index (χ0n) is 10.1. The van der Waals surface area contributed by atoms with E-state index in [1.165, 1.54) is 12.4 Å². The third kappa shape index (κ3) is 5.25. The van der Waals surface area contributed by atoms with Crippen molar-refractivity contribution in [3.63, 3.8) is 0 Å². The van der Waals surface area contributed by atoms with Crippen molar-refractivity contribution in [1.82, 2.24) is 9.97 Å². The van der Waals surface area contributed by atoms with Gasteiger partial charge in [0.25, 0.3) is 0 Å². The van der Waals surface area contributed by atoms with Gasteiger partial charge in [0.2, 0.25) is 0 Å². The molecule has 2 N–H and O–H groups in total. The Morgan fingerprint density at radius 3 is 2.72 bits per heavy atom. The molecule has 0 aliphatic heterocycles. The van der Waals surface area contributed by atoms with E-state index in [2.05, 4.69) is 15.3 Å². The summed E-state index contributed by atoms with van der Waals surface area (Å²) in [5, 5.41) is 20.3. The number of nitrogens with one attached hydrogen (secondary N) is 1. The Hall–Kier alpha value is -2.16. The molecule has 0 aliphatic carbocycles. The van der Waals surface area contributed by atoms with Crippen LogP contribution in [-0.4, -0.2) is 27.6 Å². The van der Waals surface area contributed by atoms with E-state index in [9.17, 15) is 4.79 Å². The zero-order valence-corrected chi connectivity index (χ0v) is 10.1. The maximum Gasteiger partial charge on any atom is 0.303 e. The summed E-state index contributed by atoms with van der Waals surface area (Å²) in [6.07, 6.45) is 6.74. The molecule has 18 heavy (non-hydrogen) atoms. The molecule has 0 saturated heterocycles. The van der Waals surface area contributed by atoms with E-state index in [0.29, 0.717) is 24.5 Å². The molecule has 0 unspecified atom stereocenters. The van der Waals surface area contributed by atoms with Crippen molar-refractivity contribution in [3.8, 4) is 6.07 Å². The van der Waals surface area contributed by atoms with Crippen molar-refractivity contribution in [3.05, 3.63) is 18.1 Å². The topological polar surface area (TPSA) is 98.9 Å². The molecule has 0 spiro atoms. The van der Waals surface area contributed by atoms with Crippen molar-refractivity contribution in [2.75, 3.05) is 11.9 Å². The third-order valence-corrected chi connectivity index (χ3v) is 2.41. The first kappa shape index (κ1) is 13.9. The van der Waals surface area contributed by atoms with Crippen molar-refractivity contribution in [2.45, 2.75) is 32.1 Å². The van der Waals surface area contributed by atoms with Gasteiger partial charge in [-0.05, 0) is 12.8 Å². The van der Waals surface area contributed by atoms with Crippen LogP contribution in [0.15, 0.2) is 12.4 Å². The standard InChI is InChI=1S/C12H16N4O2/c13-9-10-12(16-8-7-14-10)15-6-4-2-1-3-5-11(17)18/h7-8H,1-6H2,(H,15,16)(H,17,18). The molecule has 6 heteroatoms. The lowest BCUT2D eigenvalue weighted by molar-refractivity contribution is -0.137. The smallest absolute Gasteiger partial charge is 0.303 e. The van der Waals surface area contributed by atoms with E-state index >= 15 is 0 Å². The minimum Gasteiger partial charge on any atom is -0.481 e. The van der Waals surface area contributed by atoms with Crippen LogP contribution in [0, 0.1) is 11.3 Å². The number of anilines is 1. The van der Waals surface area contributed by atoms with Gasteiger partial charge in [-0.15, -0.1) is 0 Å². The van der Waals surface area contributed by atoms with Crippen molar-refractivity contribution < 1.29 is 9.90 Å². The number of hydrogen-bond donors (Lipinski definition) is 2. The van der Waals surface area contributed by atoms with Gasteiger partial charge in [0.05, 0.1) is 0 Å². The molecule has 0 fully saturated rings. The van der Waals surface area contributed by atoms with Gasteiger partial charge in [-0.25, -0.2) is 9.97 Å². The van der Waals surface area contributed by atoms with Gasteiger partial charge in [0.15, 0.2) is 11.5 Å². The Morgan fingerprint density at radius 1 is 1.28 bits per heavy atom. The fourth-order valence-electron chi connectivity index (χ4n) is 1.51. The number of hydrogen-bond acceptors (Lipinski definition) is 5. The summed E-state index contributed by atoms with van der Waals surface area (Å²) >= 11 is 0. The van der Waals surface area contributed by atoms with E-state index in [4.69, 9.17) is 10.4 Å². The largest absolute Gasteiger partial charge is 0.481 e. The molecule has 0 saturated carbocycles. The van der Waals surface area contributed by atoms with Crippen LogP contribution >= 0.6 is 0 Å². The molecule has 0 atom stereocenters. The minimum absolute atomic E-state index is 0.232. The highest BCUT2D eigenvalue weighted by Gasteiger charge is 2.02. The van der Waals surface area contributed by atoms with Gasteiger partial charge in [-0.3, -0.25) is 4.79 Å². The van der Waals surface area contributed by atoms with Gasteiger partial charge in [-0.1, -0.05) is 12.8 Å². The molecule has 1 rings (SSSR count). The molecule has 0 radical (unpaired) electrons. The fourth-order valence-corrected chi connectivity index (χ4v) is 1.51. The Labute approximate surface area is 106 Å². The molecular formula is C12H16N4O2. The number of aromatic nitrogens is 2. The highest BCUT2D eigenvalue weighted by Crippen LogP contribution is 2.08. The van der Waals surface area contributed by atoms with E-state index in [1.54, 1.807) is 0 Å². The molecule has 0 aliphatic rings. The monoisotopic (exact) mass is 248 g/mol. The second kappa shape index (κ2) is 8.01. The molecule has 0 aromatic carbocycles. The maximum absolute atomic E-state index is 10.3. The number of nitrogens with zero attached hydrogens (tertiary/aromatic N) is 3. The first-order chi connectivity index (χ1) is 8.74. The van der Waals surface area contributed by atoms with E-state index in [-0.39, 0.29) is 6.42 Å². The second-order valence-corrected chi connectivity index (χ2v) is 3.85. The molecule has 1 aromatic rings. The van der Waals surface area contributed by atoms with Crippen LogP contribution in [0.4, 0.5) is 5.82 Å². The average Bonchev–Trinajstić information content (AvgIpc) is 2.37. The first-order valence-electron chi connectivity index (χ1n) is 5.91. The van der Waals surface area contributed by atoms with E-state index < -0.39 is 5.97 Å². The number of carbonyl (C=O) groups is 1. The van der Waals surface area contributed by atoms with Crippen molar-refractivity contribution in [2.24, 2.45) is 0 Å². The third-order valence-electron chi connectivity index (χ3n) is 2.41. The molecular weight excluding hydrogens is 232 g/mol. The van der Waals surface area contributed by atoms with Crippen LogP contribution in [0.2, 0.25) is 0 Å². The predicted molar refractivity (Wildman–Crippen MR) is 66.0 cm³/mol. The van der Waals surface area contributed by atoms with Gasteiger partial charge < -0.3 is 10.4 Å². The molecule has 0 bridgehead atoms. The average molecular weight is 248 g/mol. The quantitative estimate of drug-likeness (QED) is 0.680. The zero-order chi connectivity index (χ0) is 13.2. The summed E-state index contributed by atoms with van der Waals surface area (Å²) in [5.74, 6) is -0.239. The number of carboxylic acid groups (broad SMARTS) is 1. The number of carboxylic acids is 1. The van der Waals surface area contributed by atoms with Crippen LogP contribution in [0.25, 0.3) is 0 Å². The number of rotatable bonds is 8. The molecule has 0 amide bonds. The Balaban J connectivity index is 2.15. The number of nitriles is 1. The summed E-state index contributed by atoms with van der Waals surface area (Å²) in [7, 11) is 0. The molecule has 1 heterocycles. The second-order valence-electron chi connectivity index (χ2n) is 3.85. The van der Waals surface area contributed by atoms with Crippen molar-refractivity contribution in [1.29, 1.82) is 5.26 Å². The van der Waals surface area contributed by atoms with Gasteiger partial charge >= 0.3 is 5.97 Å². The lowest BCUT2D eigenvalue weighted by Crippen LogP contribution is -2.06. The predicted octanol–water partition coefficient (Wildman–Crippen LogP) is 1.80. The molecule has 1 aromatic heterocycles. The van der Waals surface area contributed by atoms with Crippen LogP contribution in [0.3, 0.4) is 0 Å². The lowest BCUT2D eigenvalue weighted by Gasteiger charge is -2.05.